The fourth-order valence-corrected chi connectivity index (χ4v) is 3.15. The maximum absolute atomic E-state index is 12.2. The summed E-state index contributed by atoms with van der Waals surface area (Å²) in [7, 11) is 0. The van der Waals surface area contributed by atoms with Crippen molar-refractivity contribution in [3.8, 4) is 0 Å². The van der Waals surface area contributed by atoms with Gasteiger partial charge in [-0.15, -0.1) is 0 Å². The summed E-state index contributed by atoms with van der Waals surface area (Å²) >= 11 is 0. The summed E-state index contributed by atoms with van der Waals surface area (Å²) in [6.45, 7) is 3.92. The first-order chi connectivity index (χ1) is 10.3. The van der Waals surface area contributed by atoms with Crippen LogP contribution in [0, 0.1) is 5.92 Å². The molecule has 0 spiro atoms. The smallest absolute Gasteiger partial charge is 0.225 e. The lowest BCUT2D eigenvalue weighted by molar-refractivity contribution is -0.139. The molecule has 21 heavy (non-hydrogen) atoms. The zero-order valence-electron chi connectivity index (χ0n) is 12.8. The van der Waals surface area contributed by atoms with Gasteiger partial charge < -0.3 is 10.2 Å². The molecule has 0 aromatic carbocycles. The number of nitrogens with zero attached hydrogens (tertiary/aromatic N) is 2. The third-order valence-corrected chi connectivity index (χ3v) is 4.81. The number of nitrogens with one attached hydrogen (secondary N) is 1. The van der Waals surface area contributed by atoms with Crippen LogP contribution < -0.4 is 5.32 Å². The first kappa shape index (κ1) is 14.4. The highest BCUT2D eigenvalue weighted by molar-refractivity contribution is 5.79. The Morgan fingerprint density at radius 1 is 1.33 bits per heavy atom. The molecule has 1 saturated heterocycles. The molecule has 0 radical (unpaired) electrons. The summed E-state index contributed by atoms with van der Waals surface area (Å²) in [4.78, 5) is 18.6. The van der Waals surface area contributed by atoms with Crippen LogP contribution in [0.15, 0.2) is 18.3 Å². The number of aromatic nitrogens is 1. The molecule has 3 rings (SSSR count). The first-order valence-corrected chi connectivity index (χ1v) is 8.26. The number of anilines is 1. The number of rotatable bonds is 4. The predicted molar refractivity (Wildman–Crippen MR) is 84.2 cm³/mol. The van der Waals surface area contributed by atoms with E-state index in [0.717, 1.165) is 56.6 Å². The lowest BCUT2D eigenvalue weighted by atomic mass is 9.84. The van der Waals surface area contributed by atoms with Gasteiger partial charge in [0.15, 0.2) is 0 Å². The number of hydrogen-bond donors (Lipinski definition) is 1. The van der Waals surface area contributed by atoms with Gasteiger partial charge in [-0.2, -0.15) is 0 Å². The van der Waals surface area contributed by atoms with Crippen LogP contribution in [-0.2, 0) is 11.2 Å². The molecule has 0 bridgehead atoms. The lowest BCUT2D eigenvalue weighted by Gasteiger charge is -2.37. The summed E-state index contributed by atoms with van der Waals surface area (Å²) in [6.07, 6.45) is 8.36. The van der Waals surface area contributed by atoms with E-state index in [-0.39, 0.29) is 0 Å². The van der Waals surface area contributed by atoms with Gasteiger partial charge in [0, 0.05) is 42.6 Å². The van der Waals surface area contributed by atoms with Gasteiger partial charge in [-0.3, -0.25) is 9.78 Å². The third-order valence-electron chi connectivity index (χ3n) is 4.81. The molecule has 1 N–H and O–H groups in total. The Bertz CT molecular complexity index is 491. The van der Waals surface area contributed by atoms with Crippen molar-refractivity contribution in [3.63, 3.8) is 0 Å². The first-order valence-electron chi connectivity index (χ1n) is 8.26. The number of pyridine rings is 1. The van der Waals surface area contributed by atoms with E-state index in [2.05, 4.69) is 28.2 Å². The summed E-state index contributed by atoms with van der Waals surface area (Å²) in [5.41, 5.74) is 2.28. The minimum Gasteiger partial charge on any atom is -0.382 e. The van der Waals surface area contributed by atoms with Gasteiger partial charge in [0.25, 0.3) is 0 Å². The highest BCUT2D eigenvalue weighted by Crippen LogP contribution is 2.29. The summed E-state index contributed by atoms with van der Waals surface area (Å²) in [6, 6.07) is 4.64. The van der Waals surface area contributed by atoms with Gasteiger partial charge in [0.05, 0.1) is 0 Å². The topological polar surface area (TPSA) is 45.2 Å². The van der Waals surface area contributed by atoms with Crippen LogP contribution in [0.2, 0.25) is 0 Å². The number of piperidine rings is 1. The quantitative estimate of drug-likeness (QED) is 0.926. The Labute approximate surface area is 126 Å². The van der Waals surface area contributed by atoms with E-state index < -0.39 is 0 Å². The average Bonchev–Trinajstić information content (AvgIpc) is 2.46. The number of aryl methyl sites for hydroxylation is 1. The number of likely N-dealkylation sites (tertiary alicyclic amines) is 1. The van der Waals surface area contributed by atoms with E-state index in [4.69, 9.17) is 0 Å². The van der Waals surface area contributed by atoms with Crippen molar-refractivity contribution >= 4 is 11.6 Å². The van der Waals surface area contributed by atoms with Crippen molar-refractivity contribution < 1.29 is 4.79 Å². The molecule has 1 aromatic rings. The molecule has 4 heteroatoms. The maximum atomic E-state index is 12.2. The summed E-state index contributed by atoms with van der Waals surface area (Å²) in [5.74, 6) is 0.735. The SMILES string of the molecule is CCc1cc(NC2CCN(C(=O)C3CCC3)CC2)ccn1. The molecule has 114 valence electrons. The number of hydrogen-bond acceptors (Lipinski definition) is 3. The zero-order chi connectivity index (χ0) is 14.7. The van der Waals surface area contributed by atoms with Crippen molar-refractivity contribution in [2.75, 3.05) is 18.4 Å². The van der Waals surface area contributed by atoms with Crippen LogP contribution >= 0.6 is 0 Å². The summed E-state index contributed by atoms with van der Waals surface area (Å²) < 4.78 is 0. The highest BCUT2D eigenvalue weighted by atomic mass is 16.2. The van der Waals surface area contributed by atoms with E-state index >= 15 is 0 Å². The van der Waals surface area contributed by atoms with Crippen LogP contribution in [0.4, 0.5) is 5.69 Å². The number of amides is 1. The molecule has 1 saturated carbocycles. The van der Waals surface area contributed by atoms with Crippen molar-refractivity contribution in [2.45, 2.75) is 51.5 Å². The second-order valence-electron chi connectivity index (χ2n) is 6.26. The second-order valence-corrected chi connectivity index (χ2v) is 6.26. The molecule has 2 heterocycles. The van der Waals surface area contributed by atoms with Crippen LogP contribution in [0.1, 0.15) is 44.7 Å². The van der Waals surface area contributed by atoms with Crippen LogP contribution in [0.25, 0.3) is 0 Å². The molecule has 1 aromatic heterocycles. The van der Waals surface area contributed by atoms with Crippen molar-refractivity contribution in [3.05, 3.63) is 24.0 Å². The Balaban J connectivity index is 1.50. The Morgan fingerprint density at radius 2 is 2.10 bits per heavy atom. The Hall–Kier alpha value is -1.58. The summed E-state index contributed by atoms with van der Waals surface area (Å²) in [5, 5.41) is 3.59. The van der Waals surface area contributed by atoms with Crippen molar-refractivity contribution in [1.82, 2.24) is 9.88 Å². The highest BCUT2D eigenvalue weighted by Gasteiger charge is 2.31. The van der Waals surface area contributed by atoms with Crippen molar-refractivity contribution in [1.29, 1.82) is 0 Å². The Morgan fingerprint density at radius 3 is 2.71 bits per heavy atom. The molecule has 2 aliphatic rings. The molecule has 2 fully saturated rings. The zero-order valence-corrected chi connectivity index (χ0v) is 12.8. The van der Waals surface area contributed by atoms with Gasteiger partial charge in [-0.05, 0) is 44.2 Å². The standard InChI is InChI=1S/C17H25N3O/c1-2-14-12-16(6-9-18-14)19-15-7-10-20(11-8-15)17(21)13-4-3-5-13/h6,9,12-13,15H,2-5,7-8,10-11H2,1H3,(H,18,19). The van der Waals surface area contributed by atoms with Crippen LogP contribution in [0.3, 0.4) is 0 Å². The molecule has 4 nitrogen and oxygen atoms in total. The van der Waals surface area contributed by atoms with Gasteiger partial charge in [-0.25, -0.2) is 0 Å². The van der Waals surface area contributed by atoms with E-state index in [1.165, 1.54) is 6.42 Å². The minimum atomic E-state index is 0.335. The molecular weight excluding hydrogens is 262 g/mol. The maximum Gasteiger partial charge on any atom is 0.225 e. The number of carbonyl (C=O) groups excluding carboxylic acids is 1. The second kappa shape index (κ2) is 6.46. The van der Waals surface area contributed by atoms with E-state index in [1.54, 1.807) is 0 Å². The monoisotopic (exact) mass is 287 g/mol. The van der Waals surface area contributed by atoms with Crippen LogP contribution in [0.5, 0.6) is 0 Å². The average molecular weight is 287 g/mol. The third kappa shape index (κ3) is 3.36. The van der Waals surface area contributed by atoms with Gasteiger partial charge in [0.2, 0.25) is 5.91 Å². The molecular formula is C17H25N3O. The molecule has 1 aliphatic heterocycles. The van der Waals surface area contributed by atoms with Crippen LogP contribution in [-0.4, -0.2) is 34.9 Å². The van der Waals surface area contributed by atoms with Crippen molar-refractivity contribution in [2.24, 2.45) is 5.92 Å². The molecule has 1 aliphatic carbocycles. The van der Waals surface area contributed by atoms with E-state index in [9.17, 15) is 4.79 Å². The normalized spacial score (nSPS) is 20.1. The molecule has 0 unspecified atom stereocenters. The van der Waals surface area contributed by atoms with Gasteiger partial charge in [-0.1, -0.05) is 13.3 Å². The largest absolute Gasteiger partial charge is 0.382 e. The predicted octanol–water partition coefficient (Wildman–Crippen LogP) is 2.85. The van der Waals surface area contributed by atoms with E-state index in [1.807, 2.05) is 12.3 Å². The number of carbonyl (C=O) groups is 1. The van der Waals surface area contributed by atoms with Gasteiger partial charge >= 0.3 is 0 Å². The minimum absolute atomic E-state index is 0.335. The van der Waals surface area contributed by atoms with E-state index in [0.29, 0.717) is 17.9 Å². The molecule has 0 atom stereocenters. The Kier molecular flexibility index (Phi) is 4.42. The fraction of sp³-hybridized carbons (Fsp3) is 0.647. The fourth-order valence-electron chi connectivity index (χ4n) is 3.15. The molecule has 1 amide bonds. The van der Waals surface area contributed by atoms with Gasteiger partial charge in [0.1, 0.15) is 0 Å². The lowest BCUT2D eigenvalue weighted by Crippen LogP contribution is -2.46.